The van der Waals surface area contributed by atoms with E-state index in [0.29, 0.717) is 10.9 Å². The topological polar surface area (TPSA) is 74.1 Å². The van der Waals surface area contributed by atoms with Crippen molar-refractivity contribution in [2.75, 3.05) is 6.26 Å². The van der Waals surface area contributed by atoms with Gasteiger partial charge in [-0.2, -0.15) is 4.68 Å². The van der Waals surface area contributed by atoms with Crippen molar-refractivity contribution in [3.63, 3.8) is 0 Å². The molecule has 8 heteroatoms. The maximum atomic E-state index is 12.3. The molecule has 2 aromatic carbocycles. The molecule has 0 saturated heterocycles. The number of aromatic nitrogens is 3. The van der Waals surface area contributed by atoms with Crippen molar-refractivity contribution in [2.24, 2.45) is 0 Å². The fraction of sp³-hybridized carbons (Fsp3) is 0.125. The zero-order valence-electron chi connectivity index (χ0n) is 12.6. The summed E-state index contributed by atoms with van der Waals surface area (Å²) in [5.74, 6) is -0.627. The van der Waals surface area contributed by atoms with Crippen molar-refractivity contribution >= 4 is 40.2 Å². The summed E-state index contributed by atoms with van der Waals surface area (Å²) in [4.78, 5) is 25.4. The van der Waals surface area contributed by atoms with E-state index in [0.717, 1.165) is 9.58 Å². The molecule has 0 fully saturated rings. The van der Waals surface area contributed by atoms with E-state index in [4.69, 9.17) is 16.3 Å². The van der Waals surface area contributed by atoms with Gasteiger partial charge in [0.1, 0.15) is 5.52 Å². The Kier molecular flexibility index (Phi) is 4.82. The van der Waals surface area contributed by atoms with Crippen LogP contribution in [0.5, 0.6) is 0 Å². The Labute approximate surface area is 146 Å². The Hall–Kier alpha value is -2.38. The first-order chi connectivity index (χ1) is 11.6. The average Bonchev–Trinajstić information content (AvgIpc) is 2.61. The van der Waals surface area contributed by atoms with Crippen LogP contribution >= 0.6 is 23.4 Å². The normalized spacial score (nSPS) is 10.8. The molecular formula is C16H12ClN3O3S. The van der Waals surface area contributed by atoms with Crippen LogP contribution in [0.3, 0.4) is 0 Å². The number of carbonyl (C=O) groups is 1. The van der Waals surface area contributed by atoms with Crippen LogP contribution in [0.25, 0.3) is 10.9 Å². The molecular weight excluding hydrogens is 350 g/mol. The third-order valence-electron chi connectivity index (χ3n) is 3.34. The highest BCUT2D eigenvalue weighted by molar-refractivity contribution is 7.98. The molecule has 0 unspecified atom stereocenters. The molecule has 0 radical (unpaired) electrons. The van der Waals surface area contributed by atoms with Crippen molar-refractivity contribution in [2.45, 2.75) is 11.6 Å². The zero-order chi connectivity index (χ0) is 17.1. The molecule has 6 nitrogen and oxygen atoms in total. The summed E-state index contributed by atoms with van der Waals surface area (Å²) in [5.41, 5.74) is 0.350. The number of carbonyl (C=O) groups excluding carboxylic acids is 1. The van der Waals surface area contributed by atoms with Crippen molar-refractivity contribution < 1.29 is 9.53 Å². The minimum atomic E-state index is -0.627. The van der Waals surface area contributed by atoms with E-state index in [1.807, 2.05) is 12.3 Å². The molecule has 0 N–H and O–H groups in total. The highest BCUT2D eigenvalue weighted by Crippen LogP contribution is 2.23. The van der Waals surface area contributed by atoms with Gasteiger partial charge in [0.2, 0.25) is 0 Å². The van der Waals surface area contributed by atoms with Crippen LogP contribution in [-0.4, -0.2) is 27.2 Å². The number of fused-ring (bicyclic) bond motifs is 1. The summed E-state index contributed by atoms with van der Waals surface area (Å²) in [6.45, 7) is -0.338. The Morgan fingerprint density at radius 2 is 2.08 bits per heavy atom. The lowest BCUT2D eigenvalue weighted by molar-refractivity contribution is 0.0336. The summed E-state index contributed by atoms with van der Waals surface area (Å²) in [5, 5.41) is 8.39. The minimum Gasteiger partial charge on any atom is -0.438 e. The zero-order valence-corrected chi connectivity index (χ0v) is 14.2. The summed E-state index contributed by atoms with van der Waals surface area (Å²) >= 11 is 7.52. The smallest absolute Gasteiger partial charge is 0.341 e. The monoisotopic (exact) mass is 361 g/mol. The lowest BCUT2D eigenvalue weighted by atomic mass is 10.2. The summed E-state index contributed by atoms with van der Waals surface area (Å²) in [6, 6.07) is 11.9. The number of nitrogens with zero attached hydrogens (tertiary/aromatic N) is 3. The van der Waals surface area contributed by atoms with Gasteiger partial charge < -0.3 is 4.74 Å². The predicted molar refractivity (Wildman–Crippen MR) is 92.4 cm³/mol. The molecule has 0 saturated carbocycles. The Balaban J connectivity index is 1.82. The van der Waals surface area contributed by atoms with Gasteiger partial charge in [0.05, 0.1) is 16.0 Å². The molecule has 1 aromatic heterocycles. The van der Waals surface area contributed by atoms with Crippen molar-refractivity contribution in [1.82, 2.24) is 15.0 Å². The second-order valence-electron chi connectivity index (χ2n) is 4.82. The van der Waals surface area contributed by atoms with E-state index >= 15 is 0 Å². The number of rotatable bonds is 4. The molecule has 0 aliphatic heterocycles. The third-order valence-corrected chi connectivity index (χ3v) is 4.40. The average molecular weight is 362 g/mol. The molecule has 0 amide bonds. The van der Waals surface area contributed by atoms with E-state index in [1.54, 1.807) is 36.4 Å². The molecule has 24 heavy (non-hydrogen) atoms. The van der Waals surface area contributed by atoms with Crippen molar-refractivity contribution in [3.05, 3.63) is 63.4 Å². The van der Waals surface area contributed by atoms with Crippen LogP contribution in [0, 0.1) is 0 Å². The lowest BCUT2D eigenvalue weighted by Crippen LogP contribution is -2.26. The molecule has 0 aliphatic carbocycles. The van der Waals surface area contributed by atoms with Gasteiger partial charge in [-0.05, 0) is 36.6 Å². The molecule has 3 rings (SSSR count). The maximum Gasteiger partial charge on any atom is 0.341 e. The highest BCUT2D eigenvalue weighted by atomic mass is 35.5. The van der Waals surface area contributed by atoms with E-state index < -0.39 is 5.97 Å². The first kappa shape index (κ1) is 16.5. The number of halogens is 1. The first-order valence-electron chi connectivity index (χ1n) is 6.93. The Morgan fingerprint density at radius 1 is 1.29 bits per heavy atom. The van der Waals surface area contributed by atoms with Crippen LogP contribution in [-0.2, 0) is 11.5 Å². The number of benzene rings is 2. The standard InChI is InChI=1S/C16H12ClN3O3S/c1-24-10-6-7-13(17)12(8-10)16(22)23-9-20-15(21)11-4-2-3-5-14(11)18-19-20/h2-8H,9H2,1H3. The number of ether oxygens (including phenoxy) is 1. The molecule has 0 spiro atoms. The summed E-state index contributed by atoms with van der Waals surface area (Å²) < 4.78 is 6.14. The van der Waals surface area contributed by atoms with Gasteiger partial charge in [0.25, 0.3) is 5.56 Å². The number of thioether (sulfide) groups is 1. The first-order valence-corrected chi connectivity index (χ1v) is 8.53. The maximum absolute atomic E-state index is 12.3. The van der Waals surface area contributed by atoms with Crippen molar-refractivity contribution in [3.8, 4) is 0 Å². The lowest BCUT2D eigenvalue weighted by Gasteiger charge is -2.08. The van der Waals surface area contributed by atoms with Crippen LogP contribution in [0.1, 0.15) is 10.4 Å². The van der Waals surface area contributed by atoms with Gasteiger partial charge >= 0.3 is 5.97 Å². The Bertz CT molecular complexity index is 974. The molecule has 3 aromatic rings. The second kappa shape index (κ2) is 7.02. The van der Waals surface area contributed by atoms with Gasteiger partial charge in [0, 0.05) is 4.90 Å². The third kappa shape index (κ3) is 3.27. The predicted octanol–water partition coefficient (Wildman–Crippen LogP) is 2.98. The summed E-state index contributed by atoms with van der Waals surface area (Å²) in [7, 11) is 0. The van der Waals surface area contributed by atoms with E-state index in [-0.39, 0.29) is 22.9 Å². The van der Waals surface area contributed by atoms with Crippen molar-refractivity contribution in [1.29, 1.82) is 0 Å². The fourth-order valence-electron chi connectivity index (χ4n) is 2.09. The highest BCUT2D eigenvalue weighted by Gasteiger charge is 2.14. The van der Waals surface area contributed by atoms with Gasteiger partial charge in [0.15, 0.2) is 6.73 Å². The largest absolute Gasteiger partial charge is 0.438 e. The van der Waals surface area contributed by atoms with E-state index in [9.17, 15) is 9.59 Å². The number of hydrogen-bond donors (Lipinski definition) is 0. The number of hydrogen-bond acceptors (Lipinski definition) is 6. The van der Waals surface area contributed by atoms with Crippen LogP contribution in [0.2, 0.25) is 5.02 Å². The molecule has 0 aliphatic rings. The second-order valence-corrected chi connectivity index (χ2v) is 6.10. The van der Waals surface area contributed by atoms with Crippen LogP contribution in [0.4, 0.5) is 0 Å². The van der Waals surface area contributed by atoms with Gasteiger partial charge in [-0.15, -0.1) is 16.9 Å². The molecule has 1 heterocycles. The molecule has 122 valence electrons. The molecule has 0 bridgehead atoms. The van der Waals surface area contributed by atoms with Gasteiger partial charge in [-0.3, -0.25) is 4.79 Å². The minimum absolute atomic E-state index is 0.241. The fourth-order valence-corrected chi connectivity index (χ4v) is 2.73. The summed E-state index contributed by atoms with van der Waals surface area (Å²) in [6.07, 6.45) is 1.89. The van der Waals surface area contributed by atoms with Gasteiger partial charge in [-0.25, -0.2) is 4.79 Å². The Morgan fingerprint density at radius 3 is 2.88 bits per heavy atom. The number of esters is 1. The van der Waals surface area contributed by atoms with Crippen LogP contribution in [0.15, 0.2) is 52.2 Å². The quantitative estimate of drug-likeness (QED) is 0.525. The van der Waals surface area contributed by atoms with Gasteiger partial charge in [-0.1, -0.05) is 28.9 Å². The SMILES string of the molecule is CSc1ccc(Cl)c(C(=O)OCn2nnc3ccccc3c2=O)c1. The van der Waals surface area contributed by atoms with E-state index in [2.05, 4.69) is 10.3 Å². The van der Waals surface area contributed by atoms with Crippen LogP contribution < -0.4 is 5.56 Å². The molecule has 0 atom stereocenters. The van der Waals surface area contributed by atoms with E-state index in [1.165, 1.54) is 11.8 Å².